The van der Waals surface area contributed by atoms with Crippen molar-refractivity contribution in [3.8, 4) is 0 Å². The summed E-state index contributed by atoms with van der Waals surface area (Å²) in [6.07, 6.45) is 3.61. The Balaban J connectivity index is 2.47. The minimum absolute atomic E-state index is 0.179. The highest BCUT2D eigenvalue weighted by Gasteiger charge is 2.15. The first-order chi connectivity index (χ1) is 9.53. The van der Waals surface area contributed by atoms with Crippen LogP contribution in [0.2, 0.25) is 0 Å². The van der Waals surface area contributed by atoms with Crippen LogP contribution in [0.1, 0.15) is 58.4 Å². The standard InChI is InChI=1S/C18H31NO/c1-5-20-14-10-9-13-17(15-19-18(2,3)4)16-11-7-6-8-12-16/h6-8,11-12,17,19H,5,9-10,13-15H2,1-4H3. The van der Waals surface area contributed by atoms with Crippen LogP contribution in [0, 0.1) is 0 Å². The van der Waals surface area contributed by atoms with E-state index >= 15 is 0 Å². The quantitative estimate of drug-likeness (QED) is 0.677. The Morgan fingerprint density at radius 1 is 1.10 bits per heavy atom. The Hall–Kier alpha value is -0.860. The van der Waals surface area contributed by atoms with E-state index in [4.69, 9.17) is 4.74 Å². The second kappa shape index (κ2) is 9.15. The molecule has 1 rings (SSSR count). The fourth-order valence-electron chi connectivity index (χ4n) is 2.28. The van der Waals surface area contributed by atoms with Crippen LogP contribution in [0.15, 0.2) is 30.3 Å². The number of ether oxygens (including phenoxy) is 1. The van der Waals surface area contributed by atoms with Gasteiger partial charge in [-0.05, 0) is 52.0 Å². The van der Waals surface area contributed by atoms with E-state index in [0.717, 1.165) is 26.2 Å². The molecule has 0 aliphatic rings. The summed E-state index contributed by atoms with van der Waals surface area (Å²) < 4.78 is 5.42. The number of benzene rings is 1. The second-order valence-electron chi connectivity index (χ2n) is 6.43. The predicted molar refractivity (Wildman–Crippen MR) is 87.3 cm³/mol. The second-order valence-corrected chi connectivity index (χ2v) is 6.43. The highest BCUT2D eigenvalue weighted by molar-refractivity contribution is 5.19. The molecule has 1 aromatic rings. The third-order valence-electron chi connectivity index (χ3n) is 3.45. The van der Waals surface area contributed by atoms with E-state index in [1.165, 1.54) is 18.4 Å². The van der Waals surface area contributed by atoms with Crippen molar-refractivity contribution in [1.82, 2.24) is 5.32 Å². The zero-order valence-corrected chi connectivity index (χ0v) is 13.6. The van der Waals surface area contributed by atoms with Crippen LogP contribution in [-0.2, 0) is 4.74 Å². The van der Waals surface area contributed by atoms with Crippen molar-refractivity contribution < 1.29 is 4.74 Å². The normalized spacial score (nSPS) is 13.4. The molecule has 0 aromatic heterocycles. The van der Waals surface area contributed by atoms with Crippen molar-refractivity contribution in [2.75, 3.05) is 19.8 Å². The molecule has 0 aliphatic carbocycles. The minimum atomic E-state index is 0.179. The molecule has 0 amide bonds. The maximum Gasteiger partial charge on any atom is 0.0465 e. The molecule has 0 bridgehead atoms. The summed E-state index contributed by atoms with van der Waals surface area (Å²) in [6, 6.07) is 10.9. The zero-order valence-electron chi connectivity index (χ0n) is 13.6. The van der Waals surface area contributed by atoms with Gasteiger partial charge in [-0.3, -0.25) is 0 Å². The molecule has 1 atom stereocenters. The lowest BCUT2D eigenvalue weighted by molar-refractivity contribution is 0.142. The molecule has 0 fully saturated rings. The first kappa shape index (κ1) is 17.2. The van der Waals surface area contributed by atoms with Crippen LogP contribution in [0.3, 0.4) is 0 Å². The maximum atomic E-state index is 5.42. The summed E-state index contributed by atoms with van der Waals surface area (Å²) in [5.41, 5.74) is 1.62. The molecular weight excluding hydrogens is 246 g/mol. The van der Waals surface area contributed by atoms with Crippen molar-refractivity contribution >= 4 is 0 Å². The summed E-state index contributed by atoms with van der Waals surface area (Å²) in [7, 11) is 0. The summed E-state index contributed by atoms with van der Waals surface area (Å²) in [5, 5.41) is 3.64. The monoisotopic (exact) mass is 277 g/mol. The van der Waals surface area contributed by atoms with Crippen molar-refractivity contribution in [2.24, 2.45) is 0 Å². The lowest BCUT2D eigenvalue weighted by Crippen LogP contribution is -2.38. The minimum Gasteiger partial charge on any atom is -0.382 e. The van der Waals surface area contributed by atoms with Crippen LogP contribution in [0.25, 0.3) is 0 Å². The Kier molecular flexibility index (Phi) is 7.86. The van der Waals surface area contributed by atoms with E-state index in [1.54, 1.807) is 0 Å². The highest BCUT2D eigenvalue weighted by Crippen LogP contribution is 2.22. The average molecular weight is 277 g/mol. The van der Waals surface area contributed by atoms with E-state index in [0.29, 0.717) is 5.92 Å². The zero-order chi connectivity index (χ0) is 14.8. The Morgan fingerprint density at radius 2 is 1.80 bits per heavy atom. The summed E-state index contributed by atoms with van der Waals surface area (Å²) in [5.74, 6) is 0.594. The van der Waals surface area contributed by atoms with Gasteiger partial charge >= 0.3 is 0 Å². The van der Waals surface area contributed by atoms with Crippen LogP contribution in [0.5, 0.6) is 0 Å². The number of hydrogen-bond donors (Lipinski definition) is 1. The van der Waals surface area contributed by atoms with Gasteiger partial charge in [0.15, 0.2) is 0 Å². The molecule has 2 nitrogen and oxygen atoms in total. The highest BCUT2D eigenvalue weighted by atomic mass is 16.5. The number of unbranched alkanes of at least 4 members (excludes halogenated alkanes) is 1. The fourth-order valence-corrected chi connectivity index (χ4v) is 2.28. The van der Waals surface area contributed by atoms with Crippen molar-refractivity contribution in [3.63, 3.8) is 0 Å². The van der Waals surface area contributed by atoms with Gasteiger partial charge in [0.1, 0.15) is 0 Å². The largest absolute Gasteiger partial charge is 0.382 e. The smallest absolute Gasteiger partial charge is 0.0465 e. The third-order valence-corrected chi connectivity index (χ3v) is 3.45. The van der Waals surface area contributed by atoms with Gasteiger partial charge in [-0.25, -0.2) is 0 Å². The SMILES string of the molecule is CCOCCCCC(CNC(C)(C)C)c1ccccc1. The Labute approximate surface area is 124 Å². The molecular formula is C18H31NO. The average Bonchev–Trinajstić information content (AvgIpc) is 2.42. The molecule has 114 valence electrons. The molecule has 0 spiro atoms. The molecule has 20 heavy (non-hydrogen) atoms. The topological polar surface area (TPSA) is 21.3 Å². The van der Waals surface area contributed by atoms with Gasteiger partial charge in [-0.2, -0.15) is 0 Å². The van der Waals surface area contributed by atoms with Gasteiger partial charge in [0.2, 0.25) is 0 Å². The van der Waals surface area contributed by atoms with Crippen LogP contribution in [0.4, 0.5) is 0 Å². The van der Waals surface area contributed by atoms with Gasteiger partial charge in [-0.1, -0.05) is 36.8 Å². The van der Waals surface area contributed by atoms with E-state index in [2.05, 4.69) is 63.3 Å². The molecule has 2 heteroatoms. The van der Waals surface area contributed by atoms with Gasteiger partial charge in [0, 0.05) is 25.3 Å². The Bertz CT molecular complexity index is 342. The molecule has 1 unspecified atom stereocenters. The van der Waals surface area contributed by atoms with Crippen LogP contribution < -0.4 is 5.32 Å². The Morgan fingerprint density at radius 3 is 2.40 bits per heavy atom. The van der Waals surface area contributed by atoms with Crippen LogP contribution in [-0.4, -0.2) is 25.3 Å². The summed E-state index contributed by atoms with van der Waals surface area (Å²) >= 11 is 0. The molecule has 0 saturated heterocycles. The lowest BCUT2D eigenvalue weighted by atomic mass is 9.92. The molecule has 1 N–H and O–H groups in total. The first-order valence-corrected chi connectivity index (χ1v) is 7.90. The number of nitrogens with one attached hydrogen (secondary N) is 1. The van der Waals surface area contributed by atoms with Gasteiger partial charge in [-0.15, -0.1) is 0 Å². The molecule has 1 aromatic carbocycles. The summed E-state index contributed by atoms with van der Waals surface area (Å²) in [4.78, 5) is 0. The molecule has 0 aliphatic heterocycles. The van der Waals surface area contributed by atoms with Crippen molar-refractivity contribution in [2.45, 2.75) is 58.4 Å². The van der Waals surface area contributed by atoms with E-state index in [1.807, 2.05) is 0 Å². The number of hydrogen-bond acceptors (Lipinski definition) is 2. The van der Waals surface area contributed by atoms with Gasteiger partial charge in [0.05, 0.1) is 0 Å². The van der Waals surface area contributed by atoms with Crippen molar-refractivity contribution in [3.05, 3.63) is 35.9 Å². The maximum absolute atomic E-state index is 5.42. The van der Waals surface area contributed by atoms with Gasteiger partial charge in [0.25, 0.3) is 0 Å². The van der Waals surface area contributed by atoms with Gasteiger partial charge < -0.3 is 10.1 Å². The van der Waals surface area contributed by atoms with E-state index < -0.39 is 0 Å². The predicted octanol–water partition coefficient (Wildman–Crippen LogP) is 4.37. The van der Waals surface area contributed by atoms with E-state index in [-0.39, 0.29) is 5.54 Å². The fraction of sp³-hybridized carbons (Fsp3) is 0.667. The first-order valence-electron chi connectivity index (χ1n) is 7.90. The molecule has 0 heterocycles. The molecule has 0 saturated carbocycles. The number of rotatable bonds is 9. The van der Waals surface area contributed by atoms with Crippen LogP contribution >= 0.6 is 0 Å². The third kappa shape index (κ3) is 7.66. The van der Waals surface area contributed by atoms with Crippen molar-refractivity contribution in [1.29, 1.82) is 0 Å². The molecule has 0 radical (unpaired) electrons. The lowest BCUT2D eigenvalue weighted by Gasteiger charge is -2.25. The van der Waals surface area contributed by atoms with E-state index in [9.17, 15) is 0 Å². The summed E-state index contributed by atoms with van der Waals surface area (Å²) in [6.45, 7) is 11.5.